The van der Waals surface area contributed by atoms with Gasteiger partial charge in [0.25, 0.3) is 0 Å². The Hall–Kier alpha value is -1.90. The molecule has 28 heavy (non-hydrogen) atoms. The first kappa shape index (κ1) is 22.4. The van der Waals surface area contributed by atoms with E-state index in [0.29, 0.717) is 24.1 Å². The summed E-state index contributed by atoms with van der Waals surface area (Å²) < 4.78 is 39.5. The number of nitrogens with one attached hydrogen (secondary N) is 1. The number of guanidine groups is 1. The second-order valence-electron chi connectivity index (χ2n) is 5.86. The first-order valence-corrected chi connectivity index (χ1v) is 8.92. The lowest BCUT2D eigenvalue weighted by Gasteiger charge is -2.35. The van der Waals surface area contributed by atoms with E-state index in [2.05, 4.69) is 20.4 Å². The lowest BCUT2D eigenvalue weighted by Crippen LogP contribution is -2.55. The number of piperazine rings is 1. The van der Waals surface area contributed by atoms with Crippen molar-refractivity contribution in [2.24, 2.45) is 12.0 Å². The average Bonchev–Trinajstić information content (AvgIpc) is 3.24. The third-order valence-electron chi connectivity index (χ3n) is 3.97. The fourth-order valence-corrected chi connectivity index (χ4v) is 3.42. The summed E-state index contributed by atoms with van der Waals surface area (Å²) in [5.41, 5.74) is -0.174. The summed E-state index contributed by atoms with van der Waals surface area (Å²) in [5, 5.41) is 8.31. The molecule has 1 fully saturated rings. The van der Waals surface area contributed by atoms with Crippen LogP contribution in [0.2, 0.25) is 0 Å². The van der Waals surface area contributed by atoms with Gasteiger partial charge in [-0.05, 0) is 0 Å². The van der Waals surface area contributed by atoms with Crippen LogP contribution in [-0.2, 0) is 24.6 Å². The molecule has 1 aliphatic rings. The summed E-state index contributed by atoms with van der Waals surface area (Å²) in [6.45, 7) is 1.21. The second kappa shape index (κ2) is 9.07. The first-order valence-electron chi connectivity index (χ1n) is 8.04. The van der Waals surface area contributed by atoms with Gasteiger partial charge in [-0.2, -0.15) is 18.3 Å². The molecule has 1 N–H and O–H groups in total. The van der Waals surface area contributed by atoms with Crippen LogP contribution in [0.3, 0.4) is 0 Å². The van der Waals surface area contributed by atoms with Gasteiger partial charge < -0.3 is 15.1 Å². The van der Waals surface area contributed by atoms with Crippen molar-refractivity contribution in [2.45, 2.75) is 12.7 Å². The van der Waals surface area contributed by atoms with Gasteiger partial charge in [0.05, 0.1) is 18.4 Å². The summed E-state index contributed by atoms with van der Waals surface area (Å²) in [6.07, 6.45) is -1.06. The summed E-state index contributed by atoms with van der Waals surface area (Å²) in [4.78, 5) is 23.5. The van der Waals surface area contributed by atoms with E-state index in [1.54, 1.807) is 41.0 Å². The van der Waals surface area contributed by atoms with Crippen molar-refractivity contribution in [3.63, 3.8) is 0 Å². The molecular formula is C15H19F3IN7OS. The number of halogens is 4. The highest BCUT2D eigenvalue weighted by atomic mass is 127. The Bertz CT molecular complexity index is 851. The van der Waals surface area contributed by atoms with Gasteiger partial charge in [-0.15, -0.1) is 35.3 Å². The zero-order chi connectivity index (χ0) is 19.6. The molecule has 3 rings (SSSR count). The van der Waals surface area contributed by atoms with Crippen LogP contribution in [0, 0.1) is 0 Å². The van der Waals surface area contributed by atoms with Gasteiger partial charge in [0.2, 0.25) is 5.91 Å². The third-order valence-corrected chi connectivity index (χ3v) is 4.82. The van der Waals surface area contributed by atoms with E-state index < -0.39 is 11.9 Å². The molecule has 0 unspecified atom stereocenters. The Kier molecular flexibility index (Phi) is 7.25. The summed E-state index contributed by atoms with van der Waals surface area (Å²) in [6, 6.07) is 0. The molecule has 0 radical (unpaired) electrons. The van der Waals surface area contributed by atoms with Crippen molar-refractivity contribution in [1.82, 2.24) is 25.0 Å². The molecule has 1 aliphatic heterocycles. The molecular weight excluding hydrogens is 510 g/mol. The first-order chi connectivity index (χ1) is 12.8. The molecule has 8 nitrogen and oxygen atoms in total. The molecule has 3 heterocycles. The minimum atomic E-state index is -4.45. The SMILES string of the molecule is CN=C(NCc1nc(C(F)(F)F)cs1)N1CCN(c2cnn(C)c2)C(=O)C1.I. The number of hydrogen-bond acceptors (Lipinski definition) is 5. The van der Waals surface area contributed by atoms with Crippen LogP contribution in [0.1, 0.15) is 10.7 Å². The van der Waals surface area contributed by atoms with Gasteiger partial charge in [0, 0.05) is 38.8 Å². The molecule has 2 aromatic rings. The van der Waals surface area contributed by atoms with E-state index in [1.165, 1.54) is 0 Å². The van der Waals surface area contributed by atoms with Gasteiger partial charge in [-0.3, -0.25) is 14.5 Å². The lowest BCUT2D eigenvalue weighted by molar-refractivity contribution is -0.140. The van der Waals surface area contributed by atoms with Crippen LogP contribution in [0.5, 0.6) is 0 Å². The predicted octanol–water partition coefficient (Wildman–Crippen LogP) is 1.94. The number of hydrogen-bond donors (Lipinski definition) is 1. The number of anilines is 1. The number of carbonyl (C=O) groups excluding carboxylic acids is 1. The highest BCUT2D eigenvalue weighted by Gasteiger charge is 2.33. The number of amides is 1. The van der Waals surface area contributed by atoms with E-state index in [0.717, 1.165) is 22.4 Å². The topological polar surface area (TPSA) is 78.7 Å². The molecule has 0 atom stereocenters. The molecule has 0 spiro atoms. The van der Waals surface area contributed by atoms with Crippen molar-refractivity contribution in [1.29, 1.82) is 0 Å². The van der Waals surface area contributed by atoms with Gasteiger partial charge in [-0.25, -0.2) is 4.98 Å². The number of aryl methyl sites for hydroxylation is 1. The van der Waals surface area contributed by atoms with Crippen LogP contribution >= 0.6 is 35.3 Å². The van der Waals surface area contributed by atoms with E-state index in [9.17, 15) is 18.0 Å². The quantitative estimate of drug-likeness (QED) is 0.374. The Morgan fingerprint density at radius 3 is 2.68 bits per heavy atom. The molecule has 13 heteroatoms. The minimum Gasteiger partial charge on any atom is -0.350 e. The number of rotatable bonds is 3. The van der Waals surface area contributed by atoms with Crippen molar-refractivity contribution < 1.29 is 18.0 Å². The largest absolute Gasteiger partial charge is 0.434 e. The maximum atomic E-state index is 12.6. The molecule has 0 aromatic carbocycles. The summed E-state index contributed by atoms with van der Waals surface area (Å²) in [7, 11) is 3.34. The Labute approximate surface area is 180 Å². The minimum absolute atomic E-state index is 0. The zero-order valence-corrected chi connectivity index (χ0v) is 18.2. The Morgan fingerprint density at radius 1 is 1.39 bits per heavy atom. The molecule has 154 valence electrons. The molecule has 0 bridgehead atoms. The number of aliphatic imine (C=N–C) groups is 1. The van der Waals surface area contributed by atoms with Crippen LogP contribution < -0.4 is 10.2 Å². The number of carbonyl (C=O) groups is 1. The Morgan fingerprint density at radius 2 is 2.14 bits per heavy atom. The molecule has 1 amide bonds. The molecule has 2 aromatic heterocycles. The highest BCUT2D eigenvalue weighted by Crippen LogP contribution is 2.29. The van der Waals surface area contributed by atoms with E-state index in [-0.39, 0.29) is 43.0 Å². The number of nitrogens with zero attached hydrogens (tertiary/aromatic N) is 6. The van der Waals surface area contributed by atoms with Crippen LogP contribution in [-0.4, -0.2) is 58.2 Å². The fraction of sp³-hybridized carbons (Fsp3) is 0.467. The molecule has 1 saturated heterocycles. The normalized spacial score (nSPS) is 15.6. The van der Waals surface area contributed by atoms with Gasteiger partial charge >= 0.3 is 6.18 Å². The standard InChI is InChI=1S/C15H18F3N7OS.HI/c1-19-14(20-6-12-22-11(9-27-12)15(16,17)18)24-3-4-25(13(26)8-24)10-5-21-23(2)7-10;/h5,7,9H,3-4,6,8H2,1-2H3,(H,19,20);1H. The average molecular weight is 529 g/mol. The van der Waals surface area contributed by atoms with Crippen molar-refractivity contribution >= 4 is 52.9 Å². The maximum absolute atomic E-state index is 12.6. The summed E-state index contributed by atoms with van der Waals surface area (Å²) in [5.74, 6) is 0.337. The van der Waals surface area contributed by atoms with Crippen LogP contribution in [0.4, 0.5) is 18.9 Å². The zero-order valence-electron chi connectivity index (χ0n) is 15.1. The second-order valence-corrected chi connectivity index (χ2v) is 6.81. The van der Waals surface area contributed by atoms with Gasteiger partial charge in [-0.1, -0.05) is 0 Å². The number of aromatic nitrogens is 3. The Balaban J connectivity index is 0.00000280. The van der Waals surface area contributed by atoms with Gasteiger partial charge in [0.15, 0.2) is 11.7 Å². The van der Waals surface area contributed by atoms with Crippen molar-refractivity contribution in [3.8, 4) is 0 Å². The predicted molar refractivity (Wildman–Crippen MR) is 110 cm³/mol. The summed E-state index contributed by atoms with van der Waals surface area (Å²) >= 11 is 0.925. The van der Waals surface area contributed by atoms with Crippen LogP contribution in [0.15, 0.2) is 22.8 Å². The smallest absolute Gasteiger partial charge is 0.350 e. The lowest BCUT2D eigenvalue weighted by atomic mass is 10.3. The van der Waals surface area contributed by atoms with E-state index >= 15 is 0 Å². The number of alkyl halides is 3. The third kappa shape index (κ3) is 5.12. The monoisotopic (exact) mass is 529 g/mol. The van der Waals surface area contributed by atoms with E-state index in [4.69, 9.17) is 0 Å². The van der Waals surface area contributed by atoms with Crippen molar-refractivity contribution in [3.05, 3.63) is 28.5 Å². The number of thiazole rings is 1. The fourth-order valence-electron chi connectivity index (χ4n) is 2.68. The van der Waals surface area contributed by atoms with E-state index in [1.807, 2.05) is 0 Å². The van der Waals surface area contributed by atoms with Crippen LogP contribution in [0.25, 0.3) is 0 Å². The van der Waals surface area contributed by atoms with Crippen molar-refractivity contribution in [2.75, 3.05) is 31.6 Å². The molecule has 0 saturated carbocycles. The molecule has 0 aliphatic carbocycles. The van der Waals surface area contributed by atoms with Gasteiger partial charge in [0.1, 0.15) is 11.6 Å². The maximum Gasteiger partial charge on any atom is 0.434 e. The highest BCUT2D eigenvalue weighted by molar-refractivity contribution is 14.0.